The molecule has 0 aromatic carbocycles. The van der Waals surface area contributed by atoms with Crippen molar-refractivity contribution in [1.82, 2.24) is 5.32 Å². The predicted octanol–water partition coefficient (Wildman–Crippen LogP) is 2.18. The van der Waals surface area contributed by atoms with E-state index in [1.165, 1.54) is 11.3 Å². The fraction of sp³-hybridized carbons (Fsp3) is 0.500. The molecule has 17 heavy (non-hydrogen) atoms. The average molecular weight is 253 g/mol. The van der Waals surface area contributed by atoms with Crippen LogP contribution in [0.2, 0.25) is 0 Å². The SMILES string of the molecule is O=C(NC(C(=O)O)c1cccs1)C1CCCC1. The number of nitrogens with one attached hydrogen (secondary N) is 1. The molecule has 1 aliphatic rings. The Bertz CT molecular complexity index is 396. The first kappa shape index (κ1) is 12.1. The van der Waals surface area contributed by atoms with E-state index in [-0.39, 0.29) is 11.8 Å². The van der Waals surface area contributed by atoms with Gasteiger partial charge in [0.25, 0.3) is 0 Å². The van der Waals surface area contributed by atoms with Crippen LogP contribution in [-0.4, -0.2) is 17.0 Å². The van der Waals surface area contributed by atoms with Crippen LogP contribution in [0.4, 0.5) is 0 Å². The van der Waals surface area contributed by atoms with Crippen LogP contribution in [-0.2, 0) is 9.59 Å². The van der Waals surface area contributed by atoms with E-state index in [0.29, 0.717) is 4.88 Å². The molecule has 1 unspecified atom stereocenters. The van der Waals surface area contributed by atoms with Gasteiger partial charge in [-0.2, -0.15) is 0 Å². The first-order chi connectivity index (χ1) is 8.18. The third kappa shape index (κ3) is 2.85. The number of thiophene rings is 1. The van der Waals surface area contributed by atoms with E-state index < -0.39 is 12.0 Å². The second-order valence-corrected chi connectivity index (χ2v) is 5.26. The van der Waals surface area contributed by atoms with Crippen molar-refractivity contribution in [1.29, 1.82) is 0 Å². The molecule has 1 aromatic rings. The van der Waals surface area contributed by atoms with Crippen molar-refractivity contribution in [2.24, 2.45) is 5.92 Å². The third-order valence-electron chi connectivity index (χ3n) is 3.09. The highest BCUT2D eigenvalue weighted by Gasteiger charge is 2.28. The number of rotatable bonds is 4. The first-order valence-electron chi connectivity index (χ1n) is 5.75. The summed E-state index contributed by atoms with van der Waals surface area (Å²) in [6, 6.07) is 2.62. The lowest BCUT2D eigenvalue weighted by atomic mass is 10.1. The van der Waals surface area contributed by atoms with Gasteiger partial charge in [-0.15, -0.1) is 11.3 Å². The fourth-order valence-electron chi connectivity index (χ4n) is 2.16. The number of hydrogen-bond donors (Lipinski definition) is 2. The number of amides is 1. The highest BCUT2D eigenvalue weighted by molar-refractivity contribution is 7.10. The lowest BCUT2D eigenvalue weighted by Crippen LogP contribution is -2.36. The average Bonchev–Trinajstić information content (AvgIpc) is 2.97. The smallest absolute Gasteiger partial charge is 0.331 e. The Balaban J connectivity index is 2.03. The summed E-state index contributed by atoms with van der Waals surface area (Å²) in [5.74, 6) is -1.13. The van der Waals surface area contributed by atoms with Gasteiger partial charge >= 0.3 is 5.97 Å². The van der Waals surface area contributed by atoms with Crippen molar-refractivity contribution >= 4 is 23.2 Å². The summed E-state index contributed by atoms with van der Waals surface area (Å²) in [7, 11) is 0. The molecule has 1 atom stereocenters. The molecular weight excluding hydrogens is 238 g/mol. The molecule has 2 rings (SSSR count). The van der Waals surface area contributed by atoms with Crippen LogP contribution < -0.4 is 5.32 Å². The van der Waals surface area contributed by atoms with Crippen molar-refractivity contribution in [2.45, 2.75) is 31.7 Å². The van der Waals surface area contributed by atoms with Gasteiger partial charge in [-0.05, 0) is 24.3 Å². The number of hydrogen-bond acceptors (Lipinski definition) is 3. The number of carboxylic acid groups (broad SMARTS) is 1. The van der Waals surface area contributed by atoms with Crippen molar-refractivity contribution in [3.8, 4) is 0 Å². The second kappa shape index (κ2) is 5.31. The van der Waals surface area contributed by atoms with E-state index in [4.69, 9.17) is 5.11 Å². The van der Waals surface area contributed by atoms with Crippen LogP contribution >= 0.6 is 11.3 Å². The fourth-order valence-corrected chi connectivity index (χ4v) is 2.93. The van der Waals surface area contributed by atoms with Crippen molar-refractivity contribution in [3.63, 3.8) is 0 Å². The minimum absolute atomic E-state index is 0.00295. The molecule has 0 spiro atoms. The molecule has 2 N–H and O–H groups in total. The molecule has 0 bridgehead atoms. The summed E-state index contributed by atoms with van der Waals surface area (Å²) >= 11 is 1.35. The van der Waals surface area contributed by atoms with Gasteiger partial charge in [-0.1, -0.05) is 18.9 Å². The molecule has 1 amide bonds. The molecule has 1 saturated carbocycles. The molecule has 4 nitrogen and oxygen atoms in total. The van der Waals surface area contributed by atoms with Crippen LogP contribution in [0, 0.1) is 5.92 Å². The topological polar surface area (TPSA) is 66.4 Å². The molecule has 1 aliphatic carbocycles. The van der Waals surface area contributed by atoms with Gasteiger partial charge in [0.1, 0.15) is 0 Å². The van der Waals surface area contributed by atoms with Gasteiger partial charge in [-0.3, -0.25) is 4.79 Å². The molecule has 92 valence electrons. The van der Waals surface area contributed by atoms with Gasteiger partial charge in [0, 0.05) is 10.8 Å². The summed E-state index contributed by atoms with van der Waals surface area (Å²) in [6.45, 7) is 0. The zero-order valence-corrected chi connectivity index (χ0v) is 10.2. The van der Waals surface area contributed by atoms with Gasteiger partial charge < -0.3 is 10.4 Å². The molecule has 0 saturated heterocycles. The summed E-state index contributed by atoms with van der Waals surface area (Å²) < 4.78 is 0. The normalized spacial score (nSPS) is 17.9. The van der Waals surface area contributed by atoms with E-state index in [1.54, 1.807) is 12.1 Å². The highest BCUT2D eigenvalue weighted by atomic mass is 32.1. The zero-order chi connectivity index (χ0) is 12.3. The largest absolute Gasteiger partial charge is 0.479 e. The maximum Gasteiger partial charge on any atom is 0.331 e. The van der Waals surface area contributed by atoms with Gasteiger partial charge in [0.2, 0.25) is 5.91 Å². The number of carbonyl (C=O) groups is 2. The standard InChI is InChI=1S/C12H15NO3S/c14-11(8-4-1-2-5-8)13-10(12(15)16)9-6-3-7-17-9/h3,6-8,10H,1-2,4-5H2,(H,13,14)(H,15,16). The maximum atomic E-state index is 11.9. The third-order valence-corrected chi connectivity index (χ3v) is 4.02. The molecule has 1 aromatic heterocycles. The Morgan fingerprint density at radius 3 is 2.65 bits per heavy atom. The van der Waals surface area contributed by atoms with Crippen LogP contribution in [0.1, 0.15) is 36.6 Å². The second-order valence-electron chi connectivity index (χ2n) is 4.28. The Labute approximate surface area is 104 Å². The van der Waals surface area contributed by atoms with Crippen molar-refractivity contribution in [2.75, 3.05) is 0 Å². The lowest BCUT2D eigenvalue weighted by Gasteiger charge is -2.16. The van der Waals surface area contributed by atoms with Crippen molar-refractivity contribution < 1.29 is 14.7 Å². The van der Waals surface area contributed by atoms with Crippen molar-refractivity contribution in [3.05, 3.63) is 22.4 Å². The van der Waals surface area contributed by atoms with E-state index in [0.717, 1.165) is 25.7 Å². The number of carbonyl (C=O) groups excluding carboxylic acids is 1. The van der Waals surface area contributed by atoms with E-state index in [9.17, 15) is 9.59 Å². The molecule has 0 radical (unpaired) electrons. The van der Waals surface area contributed by atoms with E-state index in [2.05, 4.69) is 5.32 Å². The monoisotopic (exact) mass is 253 g/mol. The first-order valence-corrected chi connectivity index (χ1v) is 6.63. The summed E-state index contributed by atoms with van der Waals surface area (Å²) in [6.07, 6.45) is 3.88. The molecule has 5 heteroatoms. The van der Waals surface area contributed by atoms with Crippen LogP contribution in [0.25, 0.3) is 0 Å². The maximum absolute atomic E-state index is 11.9. The Morgan fingerprint density at radius 1 is 1.41 bits per heavy atom. The molecule has 0 aliphatic heterocycles. The van der Waals surface area contributed by atoms with Gasteiger partial charge in [0.05, 0.1) is 0 Å². The highest BCUT2D eigenvalue weighted by Crippen LogP contribution is 2.26. The molecule has 1 fully saturated rings. The van der Waals surface area contributed by atoms with E-state index >= 15 is 0 Å². The van der Waals surface area contributed by atoms with E-state index in [1.807, 2.05) is 5.38 Å². The summed E-state index contributed by atoms with van der Waals surface area (Å²) in [5.41, 5.74) is 0. The van der Waals surface area contributed by atoms with Crippen LogP contribution in [0.5, 0.6) is 0 Å². The Hall–Kier alpha value is -1.36. The Morgan fingerprint density at radius 2 is 2.12 bits per heavy atom. The lowest BCUT2D eigenvalue weighted by molar-refractivity contribution is -0.142. The summed E-state index contributed by atoms with van der Waals surface area (Å²) in [4.78, 5) is 23.7. The minimum Gasteiger partial charge on any atom is -0.479 e. The zero-order valence-electron chi connectivity index (χ0n) is 9.39. The minimum atomic E-state index is -1.00. The summed E-state index contributed by atoms with van der Waals surface area (Å²) in [5, 5.41) is 13.6. The van der Waals surface area contributed by atoms with Gasteiger partial charge in [-0.25, -0.2) is 4.79 Å². The van der Waals surface area contributed by atoms with Crippen LogP contribution in [0.3, 0.4) is 0 Å². The molecular formula is C12H15NO3S. The predicted molar refractivity (Wildman–Crippen MR) is 64.8 cm³/mol. The quantitative estimate of drug-likeness (QED) is 0.864. The van der Waals surface area contributed by atoms with Gasteiger partial charge in [0.15, 0.2) is 6.04 Å². The van der Waals surface area contributed by atoms with Crippen LogP contribution in [0.15, 0.2) is 17.5 Å². The number of carboxylic acids is 1. The number of aliphatic carboxylic acids is 1. The Kier molecular flexibility index (Phi) is 3.78. The molecule has 1 heterocycles.